The number of benzene rings is 1. The van der Waals surface area contributed by atoms with Crippen LogP contribution in [0.15, 0.2) is 24.3 Å². The highest BCUT2D eigenvalue weighted by atomic mass is 16.5. The molecule has 1 atom stereocenters. The second-order valence-corrected chi connectivity index (χ2v) is 3.24. The van der Waals surface area contributed by atoms with E-state index in [0.717, 1.165) is 18.8 Å². The Morgan fingerprint density at radius 3 is 2.62 bits per heavy atom. The number of methoxy groups -OCH3 is 1. The van der Waals surface area contributed by atoms with Gasteiger partial charge in [0, 0.05) is 18.8 Å². The molecule has 0 saturated carbocycles. The average molecular weight is 178 g/mol. The molecule has 0 spiro atoms. The zero-order valence-electron chi connectivity index (χ0n) is 7.73. The summed E-state index contributed by atoms with van der Waals surface area (Å²) < 4.78 is 5.08. The van der Waals surface area contributed by atoms with E-state index in [1.54, 1.807) is 7.11 Å². The molecule has 1 fully saturated rings. The minimum atomic E-state index is 0.549. The maximum absolute atomic E-state index is 5.55. The third-order valence-corrected chi connectivity index (χ3v) is 2.39. The second-order valence-electron chi connectivity index (χ2n) is 3.24. The number of hydrogen-bond donors (Lipinski definition) is 1. The molecule has 3 heteroatoms. The lowest BCUT2D eigenvalue weighted by Crippen LogP contribution is -2.11. The fraction of sp³-hybridized carbons (Fsp3) is 0.400. The normalized spacial score (nSPS) is 20.2. The molecule has 70 valence electrons. The average Bonchev–Trinajstić information content (AvgIpc) is 2.97. The first-order chi connectivity index (χ1) is 6.35. The van der Waals surface area contributed by atoms with Crippen molar-refractivity contribution in [3.8, 4) is 5.75 Å². The zero-order chi connectivity index (χ0) is 9.26. The first-order valence-corrected chi connectivity index (χ1v) is 4.46. The summed E-state index contributed by atoms with van der Waals surface area (Å²) in [6.07, 6.45) is 0. The number of nitrogens with zero attached hydrogens (tertiary/aromatic N) is 1. The molecule has 0 radical (unpaired) electrons. The van der Waals surface area contributed by atoms with Gasteiger partial charge in [-0.25, -0.2) is 0 Å². The highest BCUT2D eigenvalue weighted by molar-refractivity contribution is 5.55. The molecule has 3 nitrogen and oxygen atoms in total. The maximum Gasteiger partial charge on any atom is 0.119 e. The van der Waals surface area contributed by atoms with Crippen molar-refractivity contribution in [1.29, 1.82) is 0 Å². The van der Waals surface area contributed by atoms with Crippen LogP contribution in [0.1, 0.15) is 0 Å². The fourth-order valence-corrected chi connectivity index (χ4v) is 1.47. The molecule has 13 heavy (non-hydrogen) atoms. The van der Waals surface area contributed by atoms with Crippen LogP contribution in [-0.2, 0) is 0 Å². The maximum atomic E-state index is 5.55. The predicted octanol–water partition coefficient (Wildman–Crippen LogP) is 0.842. The minimum absolute atomic E-state index is 0.549. The number of nitrogens with two attached hydrogens (primary N) is 1. The molecule has 1 aliphatic heterocycles. The Morgan fingerprint density at radius 1 is 1.46 bits per heavy atom. The molecule has 2 N–H and O–H groups in total. The van der Waals surface area contributed by atoms with Gasteiger partial charge in [0.15, 0.2) is 0 Å². The van der Waals surface area contributed by atoms with E-state index in [-0.39, 0.29) is 0 Å². The molecular formula is C10H14N2O. The van der Waals surface area contributed by atoms with Gasteiger partial charge in [-0.2, -0.15) is 0 Å². The van der Waals surface area contributed by atoms with E-state index in [4.69, 9.17) is 10.5 Å². The highest BCUT2D eigenvalue weighted by Crippen LogP contribution is 2.28. The molecule has 0 aliphatic carbocycles. The molecule has 1 unspecified atom stereocenters. The van der Waals surface area contributed by atoms with Crippen LogP contribution < -0.4 is 15.4 Å². The van der Waals surface area contributed by atoms with Crippen molar-refractivity contribution in [1.82, 2.24) is 0 Å². The molecular weight excluding hydrogens is 164 g/mol. The molecule has 0 bridgehead atoms. The van der Waals surface area contributed by atoms with Gasteiger partial charge < -0.3 is 15.4 Å². The fourth-order valence-electron chi connectivity index (χ4n) is 1.47. The van der Waals surface area contributed by atoms with Crippen LogP contribution in [0, 0.1) is 0 Å². The zero-order valence-corrected chi connectivity index (χ0v) is 7.73. The predicted molar refractivity (Wildman–Crippen MR) is 53.2 cm³/mol. The lowest BCUT2D eigenvalue weighted by atomic mass is 10.3. The van der Waals surface area contributed by atoms with Crippen LogP contribution in [0.25, 0.3) is 0 Å². The highest BCUT2D eigenvalue weighted by Gasteiger charge is 2.32. The molecule has 1 aromatic carbocycles. The molecule has 1 aliphatic rings. The number of rotatable bonds is 3. The summed E-state index contributed by atoms with van der Waals surface area (Å²) in [7, 11) is 1.68. The van der Waals surface area contributed by atoms with Crippen molar-refractivity contribution in [3.63, 3.8) is 0 Å². The van der Waals surface area contributed by atoms with Crippen LogP contribution in [-0.4, -0.2) is 26.2 Å². The van der Waals surface area contributed by atoms with Crippen molar-refractivity contribution in [2.24, 2.45) is 5.73 Å². The summed E-state index contributed by atoms with van der Waals surface area (Å²) in [5.41, 5.74) is 6.78. The topological polar surface area (TPSA) is 38.3 Å². The summed E-state index contributed by atoms with van der Waals surface area (Å²) >= 11 is 0. The molecule has 0 amide bonds. The SMILES string of the molecule is COc1ccc(N2CC2CN)cc1. The number of ether oxygens (including phenoxy) is 1. The minimum Gasteiger partial charge on any atom is -0.497 e. The van der Waals surface area contributed by atoms with Gasteiger partial charge in [0.2, 0.25) is 0 Å². The Labute approximate surface area is 78.1 Å². The van der Waals surface area contributed by atoms with Crippen molar-refractivity contribution >= 4 is 5.69 Å². The van der Waals surface area contributed by atoms with E-state index in [9.17, 15) is 0 Å². The van der Waals surface area contributed by atoms with Gasteiger partial charge in [0.1, 0.15) is 5.75 Å². The van der Waals surface area contributed by atoms with Crippen molar-refractivity contribution < 1.29 is 4.74 Å². The monoisotopic (exact) mass is 178 g/mol. The van der Waals surface area contributed by atoms with E-state index >= 15 is 0 Å². The smallest absolute Gasteiger partial charge is 0.119 e. The summed E-state index contributed by atoms with van der Waals surface area (Å²) in [6.45, 7) is 1.83. The number of hydrogen-bond acceptors (Lipinski definition) is 3. The Hall–Kier alpha value is -1.22. The third kappa shape index (κ3) is 1.60. The van der Waals surface area contributed by atoms with E-state index in [2.05, 4.69) is 17.0 Å². The molecule has 1 aromatic rings. The van der Waals surface area contributed by atoms with E-state index in [1.807, 2.05) is 12.1 Å². The largest absolute Gasteiger partial charge is 0.497 e. The lowest BCUT2D eigenvalue weighted by molar-refractivity contribution is 0.415. The van der Waals surface area contributed by atoms with Gasteiger partial charge >= 0.3 is 0 Å². The Bertz CT molecular complexity index is 283. The summed E-state index contributed by atoms with van der Waals surface area (Å²) in [5, 5.41) is 0. The molecule has 1 heterocycles. The Kier molecular flexibility index (Phi) is 2.10. The van der Waals surface area contributed by atoms with Gasteiger partial charge in [-0.1, -0.05) is 0 Å². The van der Waals surface area contributed by atoms with E-state index in [0.29, 0.717) is 6.04 Å². The Balaban J connectivity index is 2.07. The first-order valence-electron chi connectivity index (χ1n) is 4.46. The van der Waals surface area contributed by atoms with Crippen LogP contribution >= 0.6 is 0 Å². The standard InChI is InChI=1S/C10H14N2O/c1-13-10-4-2-8(3-5-10)12-7-9(12)6-11/h2-5,9H,6-7,11H2,1H3. The van der Waals surface area contributed by atoms with Crippen molar-refractivity contribution in [2.75, 3.05) is 25.1 Å². The third-order valence-electron chi connectivity index (χ3n) is 2.39. The van der Waals surface area contributed by atoms with Gasteiger partial charge in [0.05, 0.1) is 13.2 Å². The molecule has 0 aromatic heterocycles. The van der Waals surface area contributed by atoms with Crippen LogP contribution in [0.5, 0.6) is 5.75 Å². The number of anilines is 1. The van der Waals surface area contributed by atoms with Gasteiger partial charge in [0.25, 0.3) is 0 Å². The summed E-state index contributed by atoms with van der Waals surface area (Å²) in [4.78, 5) is 2.28. The molecule has 1 saturated heterocycles. The van der Waals surface area contributed by atoms with E-state index in [1.165, 1.54) is 5.69 Å². The summed E-state index contributed by atoms with van der Waals surface area (Å²) in [6, 6.07) is 8.62. The van der Waals surface area contributed by atoms with Crippen LogP contribution in [0.2, 0.25) is 0 Å². The second kappa shape index (κ2) is 3.26. The first kappa shape index (κ1) is 8.38. The van der Waals surface area contributed by atoms with Gasteiger partial charge in [-0.3, -0.25) is 0 Å². The van der Waals surface area contributed by atoms with Gasteiger partial charge in [-0.05, 0) is 24.3 Å². The van der Waals surface area contributed by atoms with Crippen LogP contribution in [0.3, 0.4) is 0 Å². The van der Waals surface area contributed by atoms with Crippen molar-refractivity contribution in [3.05, 3.63) is 24.3 Å². The Morgan fingerprint density at radius 2 is 2.15 bits per heavy atom. The van der Waals surface area contributed by atoms with E-state index < -0.39 is 0 Å². The van der Waals surface area contributed by atoms with Crippen molar-refractivity contribution in [2.45, 2.75) is 6.04 Å². The lowest BCUT2D eigenvalue weighted by Gasteiger charge is -2.05. The van der Waals surface area contributed by atoms with Crippen LogP contribution in [0.4, 0.5) is 5.69 Å². The van der Waals surface area contributed by atoms with Gasteiger partial charge in [-0.15, -0.1) is 0 Å². The summed E-state index contributed by atoms with van der Waals surface area (Å²) in [5.74, 6) is 0.898. The quantitative estimate of drug-likeness (QED) is 0.697. The molecule has 2 rings (SSSR count).